The zero-order valence-corrected chi connectivity index (χ0v) is 5.26. The molecule has 0 aliphatic rings. The quantitative estimate of drug-likeness (QED) is 0.556. The van der Waals surface area contributed by atoms with Gasteiger partial charge in [-0.15, -0.1) is 0 Å². The smallest absolute Gasteiger partial charge is 0.00789 e. The molecule has 1 unspecified atom stereocenters. The second-order valence-electron chi connectivity index (χ2n) is 0.436. The first-order chi connectivity index (χ1) is 1.73. The molecule has 0 amide bonds. The second-order valence-corrected chi connectivity index (χ2v) is 5.27. The Kier molecular flexibility index (Phi) is 2.61. The van der Waals surface area contributed by atoms with Crippen molar-refractivity contribution in [2.24, 2.45) is 0 Å². The minimum absolute atomic E-state index is 0.141. The van der Waals surface area contributed by atoms with Crippen LogP contribution in [0.3, 0.4) is 0 Å². The van der Waals surface area contributed by atoms with Crippen LogP contribution in [0.4, 0.5) is 0 Å². The van der Waals surface area contributed by atoms with E-state index in [-0.39, 0.29) is 7.86 Å². The van der Waals surface area contributed by atoms with E-state index in [9.17, 15) is 0 Å². The van der Waals surface area contributed by atoms with Gasteiger partial charge in [0.25, 0.3) is 0 Å². The topological polar surface area (TPSA) is 23.9 Å². The van der Waals surface area contributed by atoms with E-state index in [1.807, 2.05) is 27.5 Å². The third-order valence-electron chi connectivity index (χ3n) is 0. The van der Waals surface area contributed by atoms with Gasteiger partial charge in [-0.1, -0.05) is 0 Å². The molecule has 0 rings (SSSR count). The molecule has 1 N–H and O–H groups in total. The number of rotatable bonds is 0. The van der Waals surface area contributed by atoms with Crippen LogP contribution < -0.4 is 0 Å². The number of hydrogen-bond acceptors (Lipinski definition) is 1. The van der Waals surface area contributed by atoms with Gasteiger partial charge in [0, 0.05) is 27.5 Å². The lowest BCUT2D eigenvalue weighted by molar-refractivity contribution is 1.65. The van der Waals surface area contributed by atoms with Crippen molar-refractivity contribution in [1.29, 1.82) is 4.78 Å². The third kappa shape index (κ3) is 13.1. The van der Waals surface area contributed by atoms with Gasteiger partial charge in [0.15, 0.2) is 0 Å². The van der Waals surface area contributed by atoms with E-state index in [4.69, 9.17) is 4.78 Å². The molecule has 1 nitrogen and oxygen atoms in total. The highest BCUT2D eigenvalue weighted by molar-refractivity contribution is 14.2. The van der Waals surface area contributed by atoms with Crippen molar-refractivity contribution in [3.8, 4) is 0 Å². The Hall–Kier alpha value is 0.880. The van der Waals surface area contributed by atoms with E-state index < -0.39 is 0 Å². The van der Waals surface area contributed by atoms with Gasteiger partial charge in [-0.25, -0.2) is 0 Å². The van der Waals surface area contributed by atoms with Crippen LogP contribution in [0.25, 0.3) is 0 Å². The summed E-state index contributed by atoms with van der Waals surface area (Å²) >= 11 is 2.04. The lowest BCUT2D eigenvalue weighted by atomic mass is 12.0. The Morgan fingerprint density at radius 3 is 2.00 bits per heavy atom. The molecule has 0 heterocycles. The Morgan fingerprint density at radius 1 is 2.00 bits per heavy atom. The summed E-state index contributed by atoms with van der Waals surface area (Å²) in [4.78, 5) is 0. The molecule has 0 spiro atoms. The molecule has 3 heteroatoms. The summed E-state index contributed by atoms with van der Waals surface area (Å²) in [7, 11) is -0.141. The maximum atomic E-state index is 6.60. The molecule has 1 atom stereocenters. The average molecular weight is 189 g/mol. The van der Waals surface area contributed by atoms with E-state index in [2.05, 4.69) is 0 Å². The number of hydrogen-bond donors (Lipinski definition) is 1. The summed E-state index contributed by atoms with van der Waals surface area (Å²) in [5, 5.41) is 0. The molecule has 0 bridgehead atoms. The fourth-order valence-electron chi connectivity index (χ4n) is 0. The van der Waals surface area contributed by atoms with Gasteiger partial charge in [0.2, 0.25) is 0 Å². The zero-order valence-electron chi connectivity index (χ0n) is 2.29. The SMILES string of the molecule is CS(=N)I. The standard InChI is InChI=1S/CH4INS/c1-4(2)3/h3H,1H3. The van der Waals surface area contributed by atoms with Gasteiger partial charge in [-0.3, -0.25) is 4.78 Å². The van der Waals surface area contributed by atoms with Crippen LogP contribution in [0, 0.1) is 4.78 Å². The fourth-order valence-corrected chi connectivity index (χ4v) is 0. The van der Waals surface area contributed by atoms with Crippen LogP contribution in [0.5, 0.6) is 0 Å². The summed E-state index contributed by atoms with van der Waals surface area (Å²) in [5.74, 6) is 0. The largest absolute Gasteiger partial charge is 0.271 e. The minimum atomic E-state index is -0.141. The van der Waals surface area contributed by atoms with Gasteiger partial charge in [-0.05, 0) is 7.86 Å². The van der Waals surface area contributed by atoms with Crippen LogP contribution in [0.2, 0.25) is 0 Å². The van der Waals surface area contributed by atoms with E-state index in [0.717, 1.165) is 0 Å². The Labute approximate surface area is 40.3 Å². The van der Waals surface area contributed by atoms with Crippen molar-refractivity contribution in [2.45, 2.75) is 0 Å². The molecule has 0 aromatic rings. The highest BCUT2D eigenvalue weighted by Crippen LogP contribution is 1.83. The van der Waals surface area contributed by atoms with Crippen LogP contribution >= 0.6 is 21.2 Å². The Balaban J connectivity index is 2.80. The van der Waals surface area contributed by atoms with Gasteiger partial charge in [-0.2, -0.15) is 0 Å². The first-order valence-corrected chi connectivity index (χ1v) is 4.94. The van der Waals surface area contributed by atoms with Gasteiger partial charge in [0.05, 0.1) is 0 Å². The lowest BCUT2D eigenvalue weighted by Crippen LogP contribution is -1.50. The zero-order chi connectivity index (χ0) is 3.58. The number of nitrogens with one attached hydrogen (secondary N) is 1. The molecule has 0 saturated carbocycles. The minimum Gasteiger partial charge on any atom is -0.271 e. The van der Waals surface area contributed by atoms with E-state index in [1.54, 1.807) is 0 Å². The van der Waals surface area contributed by atoms with Gasteiger partial charge < -0.3 is 0 Å². The summed E-state index contributed by atoms with van der Waals surface area (Å²) in [5.41, 5.74) is 0. The van der Waals surface area contributed by atoms with E-state index in [1.165, 1.54) is 0 Å². The molecule has 0 radical (unpaired) electrons. The van der Waals surface area contributed by atoms with Crippen LogP contribution in [-0.2, 0) is 7.86 Å². The first-order valence-electron chi connectivity index (χ1n) is 0.767. The third-order valence-corrected chi connectivity index (χ3v) is 0. The van der Waals surface area contributed by atoms with Crippen molar-refractivity contribution in [2.75, 3.05) is 6.26 Å². The lowest BCUT2D eigenvalue weighted by Gasteiger charge is -1.63. The van der Waals surface area contributed by atoms with Crippen molar-refractivity contribution >= 4 is 29.1 Å². The van der Waals surface area contributed by atoms with E-state index in [0.29, 0.717) is 0 Å². The van der Waals surface area contributed by atoms with Crippen molar-refractivity contribution in [3.05, 3.63) is 0 Å². The molecular weight excluding hydrogens is 185 g/mol. The molecular formula is CH4INS. The van der Waals surface area contributed by atoms with Gasteiger partial charge in [0.1, 0.15) is 0 Å². The molecule has 0 aromatic heterocycles. The molecule has 26 valence electrons. The second kappa shape index (κ2) is 2.14. The Bertz CT molecular complexity index is 31.0. The highest BCUT2D eigenvalue weighted by atomic mass is 127. The summed E-state index contributed by atoms with van der Waals surface area (Å²) in [6.45, 7) is 0. The predicted octanol–water partition coefficient (Wildman–Crippen LogP) is 1.35. The molecule has 0 fully saturated rings. The summed E-state index contributed by atoms with van der Waals surface area (Å²) in [6, 6.07) is 0. The van der Waals surface area contributed by atoms with Crippen molar-refractivity contribution in [3.63, 3.8) is 0 Å². The molecule has 0 aromatic carbocycles. The predicted molar refractivity (Wildman–Crippen MR) is 30.0 cm³/mol. The first kappa shape index (κ1) is 4.88. The maximum Gasteiger partial charge on any atom is 0.00789 e. The van der Waals surface area contributed by atoms with Crippen LogP contribution in [-0.4, -0.2) is 6.26 Å². The maximum absolute atomic E-state index is 6.60. The summed E-state index contributed by atoms with van der Waals surface area (Å²) < 4.78 is 6.60. The fraction of sp³-hybridized carbons (Fsp3) is 1.00. The monoisotopic (exact) mass is 189 g/mol. The van der Waals surface area contributed by atoms with Crippen LogP contribution in [0.15, 0.2) is 0 Å². The molecule has 0 aliphatic heterocycles. The normalized spacial score (nSPS) is 15.5. The molecule has 4 heavy (non-hydrogen) atoms. The Morgan fingerprint density at radius 2 is 2.00 bits per heavy atom. The van der Waals surface area contributed by atoms with Gasteiger partial charge >= 0.3 is 0 Å². The average Bonchev–Trinajstić information content (AvgIpc) is 0.811. The molecule has 0 aliphatic carbocycles. The van der Waals surface area contributed by atoms with E-state index >= 15 is 0 Å². The highest BCUT2D eigenvalue weighted by Gasteiger charge is 1.54. The summed E-state index contributed by atoms with van der Waals surface area (Å²) in [6.07, 6.45) is 1.85. The molecule has 0 saturated heterocycles. The van der Waals surface area contributed by atoms with Crippen LogP contribution in [0.1, 0.15) is 0 Å². The van der Waals surface area contributed by atoms with Crippen molar-refractivity contribution < 1.29 is 0 Å². The number of halogens is 1. The van der Waals surface area contributed by atoms with Crippen molar-refractivity contribution in [1.82, 2.24) is 0 Å².